The van der Waals surface area contributed by atoms with E-state index in [0.717, 1.165) is 18.7 Å². The molecule has 0 aliphatic carbocycles. The summed E-state index contributed by atoms with van der Waals surface area (Å²) < 4.78 is 0. The molecule has 0 spiro atoms. The number of nitrogens with zero attached hydrogens (tertiary/aromatic N) is 1. The molecular weight excluding hydrogens is 329 g/mol. The molecule has 7 heteroatoms. The van der Waals surface area contributed by atoms with Crippen LogP contribution in [0.4, 0.5) is 0 Å². The van der Waals surface area contributed by atoms with Gasteiger partial charge >= 0.3 is 0 Å². The molecule has 2 aromatic rings. The monoisotopic (exact) mass is 343 g/mol. The number of amides is 1. The molecule has 0 saturated carbocycles. The van der Waals surface area contributed by atoms with Crippen molar-refractivity contribution in [1.82, 2.24) is 15.6 Å². The standard InChI is InChI=1S/C14H15Cl2N3OS/c1-2-17-5-6-18-13(20)12-8-21-14(19-12)10-4-3-9(15)7-11(10)16/h3-4,7-8,17H,2,5-6H2,1H3,(H,18,20). The third-order valence-corrected chi connectivity index (χ3v) is 4.16. The highest BCUT2D eigenvalue weighted by Gasteiger charge is 2.13. The third kappa shape index (κ3) is 4.41. The number of thiazole rings is 1. The molecule has 0 unspecified atom stereocenters. The quantitative estimate of drug-likeness (QED) is 0.789. The Kier molecular flexibility index (Phi) is 5.99. The number of hydrogen-bond acceptors (Lipinski definition) is 4. The Labute approximate surface area is 137 Å². The lowest BCUT2D eigenvalue weighted by molar-refractivity contribution is 0.0950. The Morgan fingerprint density at radius 2 is 2.14 bits per heavy atom. The van der Waals surface area contributed by atoms with Crippen LogP contribution in [0.5, 0.6) is 0 Å². The number of halogens is 2. The summed E-state index contributed by atoms with van der Waals surface area (Å²) in [4.78, 5) is 16.3. The maximum absolute atomic E-state index is 11.9. The van der Waals surface area contributed by atoms with E-state index in [9.17, 15) is 4.79 Å². The van der Waals surface area contributed by atoms with Crippen LogP contribution in [0.25, 0.3) is 10.6 Å². The summed E-state index contributed by atoms with van der Waals surface area (Å²) in [5.41, 5.74) is 1.18. The van der Waals surface area contributed by atoms with Crippen LogP contribution in [0.2, 0.25) is 10.0 Å². The largest absolute Gasteiger partial charge is 0.349 e. The molecule has 0 aliphatic heterocycles. The van der Waals surface area contributed by atoms with Gasteiger partial charge in [-0.2, -0.15) is 0 Å². The van der Waals surface area contributed by atoms with Crippen LogP contribution in [0.3, 0.4) is 0 Å². The third-order valence-electron chi connectivity index (χ3n) is 2.74. The average molecular weight is 344 g/mol. The molecule has 0 radical (unpaired) electrons. The predicted octanol–water partition coefficient (Wildman–Crippen LogP) is 3.46. The zero-order valence-corrected chi connectivity index (χ0v) is 13.8. The molecule has 1 heterocycles. The van der Waals surface area contributed by atoms with Crippen LogP contribution >= 0.6 is 34.5 Å². The lowest BCUT2D eigenvalue weighted by Crippen LogP contribution is -2.31. The normalized spacial score (nSPS) is 10.6. The van der Waals surface area contributed by atoms with E-state index in [1.54, 1.807) is 23.6 Å². The van der Waals surface area contributed by atoms with Crippen LogP contribution in [-0.4, -0.2) is 30.5 Å². The van der Waals surface area contributed by atoms with Crippen LogP contribution in [0.1, 0.15) is 17.4 Å². The van der Waals surface area contributed by atoms with Crippen molar-refractivity contribution in [2.75, 3.05) is 19.6 Å². The van der Waals surface area contributed by atoms with Crippen molar-refractivity contribution in [3.05, 3.63) is 39.3 Å². The zero-order valence-electron chi connectivity index (χ0n) is 11.5. The van der Waals surface area contributed by atoms with Crippen molar-refractivity contribution in [2.24, 2.45) is 0 Å². The summed E-state index contributed by atoms with van der Waals surface area (Å²) in [6, 6.07) is 5.21. The second-order valence-electron chi connectivity index (χ2n) is 4.27. The second kappa shape index (κ2) is 7.75. The van der Waals surface area contributed by atoms with Gasteiger partial charge in [-0.05, 0) is 24.7 Å². The molecule has 0 aliphatic rings. The average Bonchev–Trinajstić information content (AvgIpc) is 2.93. The van der Waals surface area contributed by atoms with E-state index in [1.807, 2.05) is 6.92 Å². The van der Waals surface area contributed by atoms with E-state index < -0.39 is 0 Å². The Hall–Kier alpha value is -1.14. The number of likely N-dealkylation sites (N-methyl/N-ethyl adjacent to an activating group) is 1. The highest BCUT2D eigenvalue weighted by molar-refractivity contribution is 7.13. The molecule has 2 N–H and O–H groups in total. The molecular formula is C14H15Cl2N3OS. The van der Waals surface area contributed by atoms with Crippen molar-refractivity contribution in [2.45, 2.75) is 6.92 Å². The van der Waals surface area contributed by atoms with Crippen LogP contribution in [0, 0.1) is 0 Å². The van der Waals surface area contributed by atoms with E-state index in [2.05, 4.69) is 15.6 Å². The minimum atomic E-state index is -0.180. The van der Waals surface area contributed by atoms with Gasteiger partial charge in [0.05, 0.1) is 5.02 Å². The number of rotatable bonds is 6. The first kappa shape index (κ1) is 16.2. The van der Waals surface area contributed by atoms with Crippen molar-refractivity contribution in [3.8, 4) is 10.6 Å². The van der Waals surface area contributed by atoms with Crippen LogP contribution in [0.15, 0.2) is 23.6 Å². The summed E-state index contributed by atoms with van der Waals surface area (Å²) in [7, 11) is 0. The molecule has 0 saturated heterocycles. The molecule has 0 fully saturated rings. The van der Waals surface area contributed by atoms with E-state index in [0.29, 0.717) is 27.3 Å². The Balaban J connectivity index is 2.05. The number of carbonyl (C=O) groups excluding carboxylic acids is 1. The van der Waals surface area contributed by atoms with Crippen LogP contribution in [-0.2, 0) is 0 Å². The zero-order chi connectivity index (χ0) is 15.2. The highest BCUT2D eigenvalue weighted by atomic mass is 35.5. The highest BCUT2D eigenvalue weighted by Crippen LogP contribution is 2.32. The SMILES string of the molecule is CCNCCNC(=O)c1csc(-c2ccc(Cl)cc2Cl)n1. The van der Waals surface area contributed by atoms with Crippen molar-refractivity contribution < 1.29 is 4.79 Å². The number of aromatic nitrogens is 1. The Morgan fingerprint density at radius 3 is 2.86 bits per heavy atom. The molecule has 112 valence electrons. The lowest BCUT2D eigenvalue weighted by atomic mass is 10.2. The van der Waals surface area contributed by atoms with E-state index in [1.165, 1.54) is 11.3 Å². The molecule has 0 atom stereocenters. The number of hydrogen-bond donors (Lipinski definition) is 2. The molecule has 1 aromatic carbocycles. The molecule has 1 amide bonds. The smallest absolute Gasteiger partial charge is 0.270 e. The summed E-state index contributed by atoms with van der Waals surface area (Å²) in [6.45, 7) is 4.21. The maximum atomic E-state index is 11.9. The first-order valence-corrected chi connectivity index (χ1v) is 8.15. The van der Waals surface area contributed by atoms with Crippen molar-refractivity contribution >= 4 is 40.4 Å². The van der Waals surface area contributed by atoms with E-state index in [4.69, 9.17) is 23.2 Å². The molecule has 1 aromatic heterocycles. The fraction of sp³-hybridized carbons (Fsp3) is 0.286. The number of carbonyl (C=O) groups is 1. The number of benzene rings is 1. The predicted molar refractivity (Wildman–Crippen MR) is 88.4 cm³/mol. The van der Waals surface area contributed by atoms with Gasteiger partial charge in [0.1, 0.15) is 10.7 Å². The molecule has 0 bridgehead atoms. The molecule has 4 nitrogen and oxygen atoms in total. The van der Waals surface area contributed by atoms with E-state index in [-0.39, 0.29) is 5.91 Å². The van der Waals surface area contributed by atoms with Gasteiger partial charge in [-0.1, -0.05) is 30.1 Å². The summed E-state index contributed by atoms with van der Waals surface area (Å²) in [5.74, 6) is -0.180. The van der Waals surface area contributed by atoms with E-state index >= 15 is 0 Å². The first-order valence-electron chi connectivity index (χ1n) is 6.51. The van der Waals surface area contributed by atoms with Gasteiger partial charge in [0.2, 0.25) is 0 Å². The van der Waals surface area contributed by atoms with Gasteiger partial charge in [0.25, 0.3) is 5.91 Å². The van der Waals surface area contributed by atoms with Gasteiger partial charge < -0.3 is 10.6 Å². The van der Waals surface area contributed by atoms with Gasteiger partial charge in [0, 0.05) is 29.1 Å². The van der Waals surface area contributed by atoms with Gasteiger partial charge in [-0.15, -0.1) is 11.3 Å². The second-order valence-corrected chi connectivity index (χ2v) is 5.97. The van der Waals surface area contributed by atoms with Crippen molar-refractivity contribution in [1.29, 1.82) is 0 Å². The maximum Gasteiger partial charge on any atom is 0.270 e. The minimum absolute atomic E-state index is 0.180. The number of nitrogens with one attached hydrogen (secondary N) is 2. The molecule has 21 heavy (non-hydrogen) atoms. The summed E-state index contributed by atoms with van der Waals surface area (Å²) in [6.07, 6.45) is 0. The van der Waals surface area contributed by atoms with Crippen molar-refractivity contribution in [3.63, 3.8) is 0 Å². The summed E-state index contributed by atoms with van der Waals surface area (Å²) in [5, 5.41) is 9.47. The van der Waals surface area contributed by atoms with Crippen LogP contribution < -0.4 is 10.6 Å². The first-order chi connectivity index (χ1) is 10.1. The van der Waals surface area contributed by atoms with Gasteiger partial charge in [-0.3, -0.25) is 4.79 Å². The van der Waals surface area contributed by atoms with Gasteiger partial charge in [0.15, 0.2) is 0 Å². The fourth-order valence-corrected chi connectivity index (χ4v) is 3.09. The summed E-state index contributed by atoms with van der Waals surface area (Å²) >= 11 is 13.4. The topological polar surface area (TPSA) is 54.0 Å². The molecule has 2 rings (SSSR count). The minimum Gasteiger partial charge on any atom is -0.349 e. The van der Waals surface area contributed by atoms with Gasteiger partial charge in [-0.25, -0.2) is 4.98 Å². The fourth-order valence-electron chi connectivity index (χ4n) is 1.70. The lowest BCUT2D eigenvalue weighted by Gasteiger charge is -2.03. The Bertz CT molecular complexity index is 630. The Morgan fingerprint density at radius 1 is 1.33 bits per heavy atom.